The van der Waals surface area contributed by atoms with Crippen LogP contribution in [0.15, 0.2) is 126 Å². The average Bonchev–Trinajstić information content (AvgIpc) is 3.41. The normalized spacial score (nSPS) is 13.2. The van der Waals surface area contributed by atoms with Crippen LogP contribution in [0.2, 0.25) is 0 Å². The number of fused-ring (bicyclic) bond motifs is 6. The third kappa shape index (κ3) is 3.08. The molecule has 1 aliphatic rings. The molecule has 0 fully saturated rings. The lowest BCUT2D eigenvalue weighted by Crippen LogP contribution is -2.22. The summed E-state index contributed by atoms with van der Waals surface area (Å²) in [5, 5.41) is 2.41. The zero-order chi connectivity index (χ0) is 23.1. The van der Waals surface area contributed by atoms with E-state index < -0.39 is 0 Å². The predicted molar refractivity (Wildman–Crippen MR) is 142 cm³/mol. The molecule has 0 atom stereocenters. The van der Waals surface area contributed by atoms with E-state index in [2.05, 4.69) is 117 Å². The minimum absolute atomic E-state index is 0.0472. The third-order valence-corrected chi connectivity index (χ3v) is 7.17. The second kappa shape index (κ2) is 8.04. The summed E-state index contributed by atoms with van der Waals surface area (Å²) < 4.78 is 5.78. The predicted octanol–water partition coefficient (Wildman–Crippen LogP) is 8.92. The molecule has 0 saturated heterocycles. The number of para-hydroxylation sites is 2. The van der Waals surface area contributed by atoms with Crippen LogP contribution < -0.4 is 0 Å². The summed E-state index contributed by atoms with van der Waals surface area (Å²) in [6.07, 6.45) is 0. The Labute approximate surface area is 200 Å². The van der Waals surface area contributed by atoms with Crippen molar-refractivity contribution in [3.8, 4) is 11.1 Å². The molecule has 164 valence electrons. The van der Waals surface area contributed by atoms with E-state index in [0.717, 1.165) is 11.2 Å². The highest BCUT2D eigenvalue weighted by molar-refractivity contribution is 6.05. The molecule has 0 aliphatic heterocycles. The maximum Gasteiger partial charge on any atom is 0.138 e. The molecule has 0 amide bonds. The second-order valence-electron chi connectivity index (χ2n) is 9.13. The Morgan fingerprint density at radius 1 is 0.529 bits per heavy atom. The van der Waals surface area contributed by atoms with E-state index in [0.29, 0.717) is 0 Å². The van der Waals surface area contributed by atoms with Crippen molar-refractivity contribution in [2.45, 2.75) is 19.3 Å². The Bertz CT molecular complexity index is 1580. The zero-order valence-corrected chi connectivity index (χ0v) is 19.5. The molecule has 1 aliphatic carbocycles. The minimum Gasteiger partial charge on any atom is -0.456 e. The fraction of sp³-hybridized carbons (Fsp3) is 0.0909. The van der Waals surface area contributed by atoms with E-state index in [1.807, 2.05) is 18.2 Å². The van der Waals surface area contributed by atoms with Crippen molar-refractivity contribution < 1.29 is 4.42 Å². The molecule has 6 aromatic rings. The van der Waals surface area contributed by atoms with Gasteiger partial charge in [-0.25, -0.2) is 0 Å². The summed E-state index contributed by atoms with van der Waals surface area (Å²) in [7, 11) is 0. The first-order valence-corrected chi connectivity index (χ1v) is 11.8. The van der Waals surface area contributed by atoms with Crippen molar-refractivity contribution >= 4 is 21.9 Å². The van der Waals surface area contributed by atoms with Crippen molar-refractivity contribution in [2.24, 2.45) is 0 Å². The maximum atomic E-state index is 5.78. The van der Waals surface area contributed by atoms with Crippen molar-refractivity contribution in [3.05, 3.63) is 144 Å². The van der Waals surface area contributed by atoms with Gasteiger partial charge in [0.2, 0.25) is 0 Å². The van der Waals surface area contributed by atoms with Crippen LogP contribution in [0.3, 0.4) is 0 Å². The lowest BCUT2D eigenvalue weighted by Gasteiger charge is -2.28. The lowest BCUT2D eigenvalue weighted by molar-refractivity contribution is 0.666. The standard InChI is InChI=1S/C20H16.C13H10O/c1-20(15-9-3-2-4-10-15)18-13-7-5-11-16(18)17-12-6-8-14-19(17)20;1-9-5-4-7-11-10-6-2-3-8-12(10)14-13(9)11/h2-14H,1H3;2-8H,1H3. The number of furan rings is 1. The molecule has 5 aromatic carbocycles. The van der Waals surface area contributed by atoms with Crippen LogP contribution in [0.5, 0.6) is 0 Å². The molecule has 0 spiro atoms. The quantitative estimate of drug-likeness (QED) is 0.250. The van der Waals surface area contributed by atoms with Crippen LogP contribution in [0.1, 0.15) is 29.2 Å². The SMILES string of the molecule is CC1(c2ccccc2)c2ccccc2-c2ccccc21.Cc1cccc2c1oc1ccccc12. The highest BCUT2D eigenvalue weighted by Crippen LogP contribution is 2.51. The summed E-state index contributed by atoms with van der Waals surface area (Å²) >= 11 is 0. The molecule has 0 unspecified atom stereocenters. The van der Waals surface area contributed by atoms with E-state index in [1.165, 1.54) is 44.2 Å². The number of hydrogen-bond acceptors (Lipinski definition) is 1. The van der Waals surface area contributed by atoms with Gasteiger partial charge in [0.15, 0.2) is 0 Å². The molecule has 7 rings (SSSR count). The number of rotatable bonds is 1. The Morgan fingerprint density at radius 3 is 1.79 bits per heavy atom. The first-order chi connectivity index (χ1) is 16.7. The molecular formula is C33H26O. The fourth-order valence-electron chi connectivity index (χ4n) is 5.42. The van der Waals surface area contributed by atoms with E-state index in [1.54, 1.807) is 0 Å². The molecule has 0 radical (unpaired) electrons. The summed E-state index contributed by atoms with van der Waals surface area (Å²) in [6, 6.07) is 42.8. The molecule has 0 saturated carbocycles. The highest BCUT2D eigenvalue weighted by atomic mass is 16.3. The van der Waals surface area contributed by atoms with Gasteiger partial charge in [-0.3, -0.25) is 0 Å². The molecule has 1 nitrogen and oxygen atoms in total. The van der Waals surface area contributed by atoms with Crippen LogP contribution in [0, 0.1) is 6.92 Å². The van der Waals surface area contributed by atoms with Gasteiger partial charge in [-0.15, -0.1) is 0 Å². The van der Waals surface area contributed by atoms with Gasteiger partial charge in [-0.2, -0.15) is 0 Å². The van der Waals surface area contributed by atoms with Crippen molar-refractivity contribution in [1.82, 2.24) is 0 Å². The molecule has 1 aromatic heterocycles. The van der Waals surface area contributed by atoms with Gasteiger partial charge in [0.05, 0.1) is 0 Å². The number of benzene rings is 5. The first kappa shape index (κ1) is 20.5. The summed E-state index contributed by atoms with van der Waals surface area (Å²) in [4.78, 5) is 0. The van der Waals surface area contributed by atoms with Crippen molar-refractivity contribution in [1.29, 1.82) is 0 Å². The first-order valence-electron chi connectivity index (χ1n) is 11.8. The van der Waals surface area contributed by atoms with E-state index >= 15 is 0 Å². The van der Waals surface area contributed by atoms with Gasteiger partial charge in [0.25, 0.3) is 0 Å². The highest BCUT2D eigenvalue weighted by Gasteiger charge is 2.39. The van der Waals surface area contributed by atoms with E-state index in [4.69, 9.17) is 4.42 Å². The maximum absolute atomic E-state index is 5.78. The summed E-state index contributed by atoms with van der Waals surface area (Å²) in [5.74, 6) is 0. The lowest BCUT2D eigenvalue weighted by atomic mass is 9.74. The minimum atomic E-state index is -0.0472. The second-order valence-corrected chi connectivity index (χ2v) is 9.13. The molecule has 1 heterocycles. The van der Waals surface area contributed by atoms with E-state index in [9.17, 15) is 0 Å². The van der Waals surface area contributed by atoms with E-state index in [-0.39, 0.29) is 5.41 Å². The van der Waals surface area contributed by atoms with Gasteiger partial charge in [0, 0.05) is 16.2 Å². The molecule has 0 N–H and O–H groups in total. The van der Waals surface area contributed by atoms with Crippen molar-refractivity contribution in [3.63, 3.8) is 0 Å². The average molecular weight is 439 g/mol. The van der Waals surface area contributed by atoms with Crippen molar-refractivity contribution in [2.75, 3.05) is 0 Å². The summed E-state index contributed by atoms with van der Waals surface area (Å²) in [6.45, 7) is 4.41. The van der Waals surface area contributed by atoms with Crippen LogP contribution >= 0.6 is 0 Å². The molecule has 0 bridgehead atoms. The van der Waals surface area contributed by atoms with Gasteiger partial charge < -0.3 is 4.42 Å². The monoisotopic (exact) mass is 438 g/mol. The summed E-state index contributed by atoms with van der Waals surface area (Å²) in [5.41, 5.74) is 10.0. The topological polar surface area (TPSA) is 13.1 Å². The van der Waals surface area contributed by atoms with Gasteiger partial charge >= 0.3 is 0 Å². The fourth-order valence-corrected chi connectivity index (χ4v) is 5.42. The molecule has 1 heteroatoms. The Hall–Kier alpha value is -4.10. The largest absolute Gasteiger partial charge is 0.456 e. The number of aryl methyl sites for hydroxylation is 1. The molecular weight excluding hydrogens is 412 g/mol. The third-order valence-electron chi connectivity index (χ3n) is 7.17. The Balaban J connectivity index is 0.000000136. The van der Waals surface area contributed by atoms with Crippen LogP contribution in [0.4, 0.5) is 0 Å². The van der Waals surface area contributed by atoms with Gasteiger partial charge in [-0.1, -0.05) is 115 Å². The Morgan fingerprint density at radius 2 is 1.09 bits per heavy atom. The van der Waals surface area contributed by atoms with Crippen LogP contribution in [-0.4, -0.2) is 0 Å². The zero-order valence-electron chi connectivity index (χ0n) is 19.5. The molecule has 34 heavy (non-hydrogen) atoms. The van der Waals surface area contributed by atoms with Crippen LogP contribution in [0.25, 0.3) is 33.1 Å². The number of hydrogen-bond donors (Lipinski definition) is 0. The Kier molecular flexibility index (Phi) is 4.85. The van der Waals surface area contributed by atoms with Gasteiger partial charge in [0.1, 0.15) is 11.2 Å². The smallest absolute Gasteiger partial charge is 0.138 e. The van der Waals surface area contributed by atoms with Gasteiger partial charge in [-0.05, 0) is 53.3 Å². The van der Waals surface area contributed by atoms with Crippen LogP contribution in [-0.2, 0) is 5.41 Å².